The molecule has 7 heteroatoms. The lowest BCUT2D eigenvalue weighted by molar-refractivity contribution is -0.140. The molecule has 17 heavy (non-hydrogen) atoms. The molecule has 4 N–H and O–H groups in total. The molecule has 1 atom stereocenters. The Morgan fingerprint density at radius 2 is 2.18 bits per heavy atom. The van der Waals surface area contributed by atoms with Gasteiger partial charge in [-0.2, -0.15) is 0 Å². The molecule has 0 unspecified atom stereocenters. The SMILES string of the molecule is Cc1ccc(CNC(=O)N[C@@H](CO)C(=O)O)s1. The number of aryl methyl sites for hydroxylation is 1. The maximum atomic E-state index is 11.3. The van der Waals surface area contributed by atoms with Crippen LogP contribution < -0.4 is 10.6 Å². The van der Waals surface area contributed by atoms with Gasteiger partial charge in [0, 0.05) is 9.75 Å². The average molecular weight is 258 g/mol. The van der Waals surface area contributed by atoms with Crippen molar-refractivity contribution in [2.24, 2.45) is 0 Å². The highest BCUT2D eigenvalue weighted by Gasteiger charge is 2.18. The van der Waals surface area contributed by atoms with Crippen molar-refractivity contribution >= 4 is 23.3 Å². The van der Waals surface area contributed by atoms with Crippen molar-refractivity contribution in [2.45, 2.75) is 19.5 Å². The molecular weight excluding hydrogens is 244 g/mol. The van der Waals surface area contributed by atoms with Crippen LogP contribution in [0.2, 0.25) is 0 Å². The molecule has 94 valence electrons. The average Bonchev–Trinajstić information content (AvgIpc) is 2.68. The fourth-order valence-electron chi connectivity index (χ4n) is 1.14. The zero-order valence-electron chi connectivity index (χ0n) is 9.27. The number of aliphatic hydroxyl groups is 1. The highest BCUT2D eigenvalue weighted by Crippen LogP contribution is 2.14. The first-order valence-electron chi connectivity index (χ1n) is 4.96. The molecule has 0 saturated carbocycles. The first-order valence-corrected chi connectivity index (χ1v) is 5.78. The molecule has 0 aliphatic rings. The van der Waals surface area contributed by atoms with Crippen molar-refractivity contribution in [3.63, 3.8) is 0 Å². The van der Waals surface area contributed by atoms with Crippen LogP contribution in [0.15, 0.2) is 12.1 Å². The van der Waals surface area contributed by atoms with E-state index >= 15 is 0 Å². The summed E-state index contributed by atoms with van der Waals surface area (Å²) < 4.78 is 0. The van der Waals surface area contributed by atoms with Crippen LogP contribution in [0, 0.1) is 6.92 Å². The molecule has 0 aliphatic heterocycles. The topological polar surface area (TPSA) is 98.7 Å². The molecule has 0 bridgehead atoms. The van der Waals surface area contributed by atoms with Gasteiger partial charge in [0.05, 0.1) is 13.2 Å². The Kier molecular flexibility index (Phi) is 4.92. The number of hydrogen-bond donors (Lipinski definition) is 4. The lowest BCUT2D eigenvalue weighted by atomic mass is 10.3. The minimum atomic E-state index is -1.28. The Balaban J connectivity index is 2.37. The van der Waals surface area contributed by atoms with E-state index in [4.69, 9.17) is 10.2 Å². The number of aliphatic carboxylic acids is 1. The second kappa shape index (κ2) is 6.21. The summed E-state index contributed by atoms with van der Waals surface area (Å²) in [6.07, 6.45) is 0. The molecule has 1 heterocycles. The van der Waals surface area contributed by atoms with Crippen LogP contribution in [-0.4, -0.2) is 34.9 Å². The molecule has 1 aromatic rings. The maximum absolute atomic E-state index is 11.3. The van der Waals surface area contributed by atoms with Gasteiger partial charge >= 0.3 is 12.0 Å². The minimum Gasteiger partial charge on any atom is -0.480 e. The largest absolute Gasteiger partial charge is 0.480 e. The second-order valence-electron chi connectivity index (χ2n) is 3.41. The minimum absolute atomic E-state index is 0.335. The van der Waals surface area contributed by atoms with Gasteiger partial charge in [0.15, 0.2) is 6.04 Å². The lowest BCUT2D eigenvalue weighted by Crippen LogP contribution is -2.47. The zero-order valence-corrected chi connectivity index (χ0v) is 10.1. The quantitative estimate of drug-likeness (QED) is 0.610. The molecule has 0 aliphatic carbocycles. The van der Waals surface area contributed by atoms with E-state index in [0.717, 1.165) is 9.75 Å². The third kappa shape index (κ3) is 4.41. The van der Waals surface area contributed by atoms with Crippen LogP contribution in [0.5, 0.6) is 0 Å². The Labute approximate surface area is 102 Å². The number of thiophene rings is 1. The number of urea groups is 1. The summed E-state index contributed by atoms with van der Waals surface area (Å²) in [5.74, 6) is -1.27. The van der Waals surface area contributed by atoms with E-state index in [0.29, 0.717) is 6.54 Å². The summed E-state index contributed by atoms with van der Waals surface area (Å²) in [7, 11) is 0. The second-order valence-corrected chi connectivity index (χ2v) is 4.79. The molecule has 0 aromatic carbocycles. The van der Waals surface area contributed by atoms with Crippen molar-refractivity contribution in [2.75, 3.05) is 6.61 Å². The standard InChI is InChI=1S/C10H14N2O4S/c1-6-2-3-7(17-6)4-11-10(16)12-8(5-13)9(14)15/h2-3,8,13H,4-5H2,1H3,(H,14,15)(H2,11,12,16)/t8-/m0/s1. The summed E-state index contributed by atoms with van der Waals surface area (Å²) in [5, 5.41) is 22.0. The van der Waals surface area contributed by atoms with Gasteiger partial charge in [-0.15, -0.1) is 11.3 Å². The number of carbonyl (C=O) groups excluding carboxylic acids is 1. The van der Waals surface area contributed by atoms with Gasteiger partial charge in [-0.3, -0.25) is 0 Å². The summed E-state index contributed by atoms with van der Waals surface area (Å²) >= 11 is 1.55. The van der Waals surface area contributed by atoms with Crippen molar-refractivity contribution in [1.82, 2.24) is 10.6 Å². The van der Waals surface area contributed by atoms with Crippen LogP contribution in [-0.2, 0) is 11.3 Å². The summed E-state index contributed by atoms with van der Waals surface area (Å²) in [6, 6.07) is 1.94. The molecule has 6 nitrogen and oxygen atoms in total. The van der Waals surface area contributed by atoms with E-state index in [9.17, 15) is 9.59 Å². The zero-order chi connectivity index (χ0) is 12.8. The van der Waals surface area contributed by atoms with Gasteiger partial charge in [0.25, 0.3) is 0 Å². The van der Waals surface area contributed by atoms with E-state index < -0.39 is 24.6 Å². The van der Waals surface area contributed by atoms with Gasteiger partial charge in [-0.1, -0.05) is 0 Å². The summed E-state index contributed by atoms with van der Waals surface area (Å²) in [4.78, 5) is 24.0. The third-order valence-corrected chi connectivity index (χ3v) is 3.01. The Morgan fingerprint density at radius 1 is 1.47 bits per heavy atom. The van der Waals surface area contributed by atoms with E-state index in [2.05, 4.69) is 10.6 Å². The predicted octanol–water partition coefficient (Wildman–Crippen LogP) is 0.301. The van der Waals surface area contributed by atoms with Crippen molar-refractivity contribution in [1.29, 1.82) is 0 Å². The first-order chi connectivity index (χ1) is 8.02. The van der Waals surface area contributed by atoms with E-state index in [1.54, 1.807) is 11.3 Å². The van der Waals surface area contributed by atoms with Gasteiger partial charge < -0.3 is 20.8 Å². The van der Waals surface area contributed by atoms with E-state index in [-0.39, 0.29) is 0 Å². The highest BCUT2D eigenvalue weighted by molar-refractivity contribution is 7.11. The molecular formula is C10H14N2O4S. The van der Waals surface area contributed by atoms with Crippen molar-refractivity contribution in [3.05, 3.63) is 21.9 Å². The molecule has 0 spiro atoms. The summed E-state index contributed by atoms with van der Waals surface area (Å²) in [6.45, 7) is 1.66. The van der Waals surface area contributed by atoms with E-state index in [1.165, 1.54) is 0 Å². The normalized spacial score (nSPS) is 11.9. The number of aliphatic hydroxyl groups excluding tert-OH is 1. The number of carboxylic acids is 1. The fraction of sp³-hybridized carbons (Fsp3) is 0.400. The molecule has 0 saturated heterocycles. The van der Waals surface area contributed by atoms with Crippen LogP contribution >= 0.6 is 11.3 Å². The van der Waals surface area contributed by atoms with Gasteiger partial charge in [-0.25, -0.2) is 9.59 Å². The van der Waals surface area contributed by atoms with Crippen molar-refractivity contribution < 1.29 is 19.8 Å². The third-order valence-electron chi connectivity index (χ3n) is 2.01. The molecule has 1 rings (SSSR count). The molecule has 1 aromatic heterocycles. The smallest absolute Gasteiger partial charge is 0.328 e. The van der Waals surface area contributed by atoms with Crippen LogP contribution in [0.4, 0.5) is 4.79 Å². The predicted molar refractivity (Wildman–Crippen MR) is 62.9 cm³/mol. The number of rotatable bonds is 5. The van der Waals surface area contributed by atoms with Gasteiger partial charge in [0.2, 0.25) is 0 Å². The summed E-state index contributed by atoms with van der Waals surface area (Å²) in [5.41, 5.74) is 0. The Morgan fingerprint density at radius 3 is 2.65 bits per heavy atom. The highest BCUT2D eigenvalue weighted by atomic mass is 32.1. The van der Waals surface area contributed by atoms with Crippen LogP contribution in [0.1, 0.15) is 9.75 Å². The van der Waals surface area contributed by atoms with E-state index in [1.807, 2.05) is 19.1 Å². The van der Waals surface area contributed by atoms with Gasteiger partial charge in [-0.05, 0) is 19.1 Å². The van der Waals surface area contributed by atoms with Gasteiger partial charge in [0.1, 0.15) is 0 Å². The number of carboxylic acid groups (broad SMARTS) is 1. The molecule has 2 amide bonds. The van der Waals surface area contributed by atoms with Crippen LogP contribution in [0.25, 0.3) is 0 Å². The monoisotopic (exact) mass is 258 g/mol. The number of amides is 2. The molecule has 0 fully saturated rings. The van der Waals surface area contributed by atoms with Crippen molar-refractivity contribution in [3.8, 4) is 0 Å². The lowest BCUT2D eigenvalue weighted by Gasteiger charge is -2.12. The maximum Gasteiger partial charge on any atom is 0.328 e. The number of hydrogen-bond acceptors (Lipinski definition) is 4. The Bertz CT molecular complexity index is 405. The number of nitrogens with one attached hydrogen (secondary N) is 2. The Hall–Kier alpha value is -1.60. The van der Waals surface area contributed by atoms with Crippen LogP contribution in [0.3, 0.4) is 0 Å². The molecule has 0 radical (unpaired) electrons. The number of carbonyl (C=O) groups is 2. The fourth-order valence-corrected chi connectivity index (χ4v) is 1.97. The first kappa shape index (κ1) is 13.5.